The molecule has 0 aliphatic carbocycles. The van der Waals surface area contributed by atoms with Gasteiger partial charge in [-0.1, -0.05) is 47.5 Å². The van der Waals surface area contributed by atoms with E-state index < -0.39 is 6.04 Å². The quantitative estimate of drug-likeness (QED) is 0.325. The van der Waals surface area contributed by atoms with E-state index in [1.54, 1.807) is 32.2 Å². The predicted octanol–water partition coefficient (Wildman–Crippen LogP) is 5.83. The number of hydrogen-bond donors (Lipinski definition) is 2. The summed E-state index contributed by atoms with van der Waals surface area (Å²) in [6.45, 7) is 4.05. The maximum atomic E-state index is 13.4. The Hall–Kier alpha value is -4.72. The number of amides is 1. The summed E-state index contributed by atoms with van der Waals surface area (Å²) in [6, 6.07) is 19.3. The smallest absolute Gasteiger partial charge is 0.261 e. The van der Waals surface area contributed by atoms with Crippen molar-refractivity contribution in [1.29, 1.82) is 0 Å². The number of carbonyl (C=O) groups is 1. The van der Waals surface area contributed by atoms with Crippen LogP contribution in [0.15, 0.2) is 72.9 Å². The van der Waals surface area contributed by atoms with Gasteiger partial charge in [-0.2, -0.15) is 5.10 Å². The summed E-state index contributed by atoms with van der Waals surface area (Å²) in [5.74, 6) is 1.90. The van der Waals surface area contributed by atoms with Crippen molar-refractivity contribution < 1.29 is 19.0 Å². The van der Waals surface area contributed by atoms with E-state index in [1.165, 1.54) is 0 Å². The Morgan fingerprint density at radius 3 is 2.16 bits per heavy atom. The minimum Gasteiger partial charge on any atom is -0.493 e. The van der Waals surface area contributed by atoms with Crippen LogP contribution in [0, 0.1) is 13.8 Å². The van der Waals surface area contributed by atoms with Gasteiger partial charge in [0.15, 0.2) is 11.5 Å². The minimum absolute atomic E-state index is 0.259. The van der Waals surface area contributed by atoms with Gasteiger partial charge in [0.1, 0.15) is 17.4 Å². The number of benzene rings is 3. The second-order valence-electron chi connectivity index (χ2n) is 9.11. The molecule has 2 heterocycles. The number of ether oxygens (including phenoxy) is 3. The van der Waals surface area contributed by atoms with Crippen molar-refractivity contribution in [2.75, 3.05) is 32.0 Å². The summed E-state index contributed by atoms with van der Waals surface area (Å²) in [5, 5.41) is 11.1. The van der Waals surface area contributed by atoms with Crippen LogP contribution in [0.25, 0.3) is 5.70 Å². The molecular formula is C30H30N4O4. The Morgan fingerprint density at radius 1 is 0.868 bits per heavy atom. The highest BCUT2D eigenvalue weighted by Crippen LogP contribution is 2.45. The molecule has 0 saturated carbocycles. The number of aromatic nitrogens is 2. The molecule has 0 bridgehead atoms. The Morgan fingerprint density at radius 2 is 1.53 bits per heavy atom. The summed E-state index contributed by atoms with van der Waals surface area (Å²) in [7, 11) is 4.76. The molecule has 1 aromatic heterocycles. The summed E-state index contributed by atoms with van der Waals surface area (Å²) in [6.07, 6.45) is 3.65. The molecule has 0 radical (unpaired) electrons. The first kappa shape index (κ1) is 25.0. The standard InChI is InChI=1S/C30H30N4O4/c1-18-6-10-20(11-7-18)24-16-25(22-14-15-26(36-3)28(38-5)27(22)37-4)34-29(33-24)23(17-31-34)30(35)32-21-12-8-19(2)9-13-21/h6-17,25,33H,1-5H3,(H,32,35). The first-order chi connectivity index (χ1) is 18.4. The zero-order chi connectivity index (χ0) is 26.8. The van der Waals surface area contributed by atoms with E-state index in [0.717, 1.165) is 28.0 Å². The predicted molar refractivity (Wildman–Crippen MR) is 148 cm³/mol. The molecule has 8 heteroatoms. The molecule has 194 valence electrons. The molecule has 4 aromatic rings. The topological polar surface area (TPSA) is 86.6 Å². The van der Waals surface area contributed by atoms with Crippen molar-refractivity contribution in [1.82, 2.24) is 9.78 Å². The molecule has 0 fully saturated rings. The molecule has 38 heavy (non-hydrogen) atoms. The zero-order valence-electron chi connectivity index (χ0n) is 22.0. The molecule has 1 aliphatic heterocycles. The van der Waals surface area contributed by atoms with Crippen LogP contribution in [0.4, 0.5) is 11.5 Å². The molecule has 2 N–H and O–H groups in total. The van der Waals surface area contributed by atoms with Crippen molar-refractivity contribution in [3.05, 3.63) is 101 Å². The molecule has 0 spiro atoms. The number of rotatable bonds is 7. The van der Waals surface area contributed by atoms with E-state index >= 15 is 0 Å². The van der Waals surface area contributed by atoms with Crippen LogP contribution in [0.3, 0.4) is 0 Å². The van der Waals surface area contributed by atoms with E-state index in [4.69, 9.17) is 14.2 Å². The SMILES string of the molecule is COc1ccc(C2C=C(c3ccc(C)cc3)Nc3c(C(=O)Nc4ccc(C)cc4)cnn32)c(OC)c1OC. The van der Waals surface area contributed by atoms with E-state index in [9.17, 15) is 4.79 Å². The fourth-order valence-corrected chi connectivity index (χ4v) is 4.58. The van der Waals surface area contributed by atoms with Gasteiger partial charge in [-0.25, -0.2) is 4.68 Å². The maximum Gasteiger partial charge on any atom is 0.261 e. The van der Waals surface area contributed by atoms with Crippen LogP contribution >= 0.6 is 0 Å². The van der Waals surface area contributed by atoms with E-state index in [0.29, 0.717) is 34.3 Å². The number of methoxy groups -OCH3 is 3. The van der Waals surface area contributed by atoms with Crippen LogP contribution in [0.5, 0.6) is 17.2 Å². The van der Waals surface area contributed by atoms with Gasteiger partial charge in [0.25, 0.3) is 5.91 Å². The van der Waals surface area contributed by atoms with Crippen molar-refractivity contribution in [2.24, 2.45) is 0 Å². The molecule has 0 saturated heterocycles. The summed E-state index contributed by atoms with van der Waals surface area (Å²) >= 11 is 0. The third kappa shape index (κ3) is 4.56. The van der Waals surface area contributed by atoms with Gasteiger partial charge in [-0.3, -0.25) is 4.79 Å². The van der Waals surface area contributed by atoms with Crippen LogP contribution in [-0.2, 0) is 0 Å². The number of nitrogens with zero attached hydrogens (tertiary/aromatic N) is 2. The first-order valence-electron chi connectivity index (χ1n) is 12.2. The number of carbonyl (C=O) groups excluding carboxylic acids is 1. The maximum absolute atomic E-state index is 13.4. The van der Waals surface area contributed by atoms with E-state index in [1.807, 2.05) is 50.2 Å². The van der Waals surface area contributed by atoms with Gasteiger partial charge in [0, 0.05) is 16.9 Å². The molecular weight excluding hydrogens is 480 g/mol. The second kappa shape index (κ2) is 10.3. The fourth-order valence-electron chi connectivity index (χ4n) is 4.58. The minimum atomic E-state index is -0.391. The second-order valence-corrected chi connectivity index (χ2v) is 9.11. The first-order valence-corrected chi connectivity index (χ1v) is 12.2. The van der Waals surface area contributed by atoms with Crippen LogP contribution in [0.1, 0.15) is 38.7 Å². The highest BCUT2D eigenvalue weighted by Gasteiger charge is 2.31. The lowest BCUT2D eigenvalue weighted by molar-refractivity contribution is 0.102. The highest BCUT2D eigenvalue weighted by atomic mass is 16.5. The third-order valence-corrected chi connectivity index (χ3v) is 6.61. The monoisotopic (exact) mass is 510 g/mol. The molecule has 1 atom stereocenters. The molecule has 5 rings (SSSR count). The van der Waals surface area contributed by atoms with Gasteiger partial charge in [0.2, 0.25) is 5.75 Å². The Labute approximate surface area is 221 Å². The number of aryl methyl sites for hydroxylation is 2. The van der Waals surface area contributed by atoms with E-state index in [-0.39, 0.29) is 5.91 Å². The summed E-state index contributed by atoms with van der Waals surface area (Å²) in [4.78, 5) is 13.4. The Kier molecular flexibility index (Phi) is 6.79. The highest BCUT2D eigenvalue weighted by molar-refractivity contribution is 6.08. The fraction of sp³-hybridized carbons (Fsp3) is 0.200. The summed E-state index contributed by atoms with van der Waals surface area (Å²) < 4.78 is 18.7. The van der Waals surface area contributed by atoms with Crippen molar-refractivity contribution >= 4 is 23.1 Å². The lowest BCUT2D eigenvalue weighted by Gasteiger charge is -2.28. The van der Waals surface area contributed by atoms with Gasteiger partial charge >= 0.3 is 0 Å². The lowest BCUT2D eigenvalue weighted by atomic mass is 9.99. The average molecular weight is 511 g/mol. The normalized spacial score (nSPS) is 14.1. The summed E-state index contributed by atoms with van der Waals surface area (Å²) in [5.41, 5.74) is 6.06. The van der Waals surface area contributed by atoms with Crippen molar-refractivity contribution in [3.8, 4) is 17.2 Å². The van der Waals surface area contributed by atoms with Gasteiger partial charge in [-0.05, 0) is 49.8 Å². The average Bonchev–Trinajstić information content (AvgIpc) is 3.37. The number of hydrogen-bond acceptors (Lipinski definition) is 6. The van der Waals surface area contributed by atoms with Crippen LogP contribution in [-0.4, -0.2) is 37.0 Å². The molecule has 1 aliphatic rings. The van der Waals surface area contributed by atoms with E-state index in [2.05, 4.69) is 46.1 Å². The number of fused-ring (bicyclic) bond motifs is 1. The zero-order valence-corrected chi connectivity index (χ0v) is 22.0. The van der Waals surface area contributed by atoms with Crippen molar-refractivity contribution in [3.63, 3.8) is 0 Å². The van der Waals surface area contributed by atoms with Crippen LogP contribution in [0.2, 0.25) is 0 Å². The van der Waals surface area contributed by atoms with Gasteiger partial charge < -0.3 is 24.8 Å². The lowest BCUT2D eigenvalue weighted by Crippen LogP contribution is -2.22. The Bertz CT molecular complexity index is 1500. The Balaban J connectivity index is 1.62. The molecule has 8 nitrogen and oxygen atoms in total. The number of allylic oxidation sites excluding steroid dienone is 1. The largest absolute Gasteiger partial charge is 0.493 e. The van der Waals surface area contributed by atoms with Gasteiger partial charge in [-0.15, -0.1) is 0 Å². The third-order valence-electron chi connectivity index (χ3n) is 6.61. The van der Waals surface area contributed by atoms with Gasteiger partial charge in [0.05, 0.1) is 27.5 Å². The molecule has 3 aromatic carbocycles. The number of nitrogens with one attached hydrogen (secondary N) is 2. The van der Waals surface area contributed by atoms with Crippen LogP contribution < -0.4 is 24.8 Å². The number of anilines is 2. The molecule has 1 unspecified atom stereocenters. The van der Waals surface area contributed by atoms with Crippen molar-refractivity contribution in [2.45, 2.75) is 19.9 Å². The molecule has 1 amide bonds.